The average molecular weight is 776 g/mol. The molecule has 0 radical (unpaired) electrons. The average Bonchev–Trinajstić information content (AvgIpc) is 2.76. The molecule has 8 nitrogen and oxygen atoms in total. The summed E-state index contributed by atoms with van der Waals surface area (Å²) in [5.41, 5.74) is 0. The van der Waals surface area contributed by atoms with Gasteiger partial charge in [-0.05, 0) is 6.92 Å². The van der Waals surface area contributed by atoms with E-state index in [2.05, 4.69) is 0 Å². The first-order chi connectivity index (χ1) is 18.8. The number of halogens is 22. The highest BCUT2D eigenvalue weighted by atomic mass is 32.2. The van der Waals surface area contributed by atoms with E-state index in [-0.39, 0.29) is 6.61 Å². The lowest BCUT2D eigenvalue weighted by molar-refractivity contribution is -0.413. The molecule has 0 aliphatic heterocycles. The molecule has 276 valence electrons. The Labute approximate surface area is 232 Å². The van der Waals surface area contributed by atoms with Gasteiger partial charge in [0.05, 0.1) is 12.7 Å². The minimum Gasteiger partial charge on any atom is -0.394 e. The van der Waals surface area contributed by atoms with Gasteiger partial charge in [0.2, 0.25) is 0 Å². The SMILES string of the molecule is CC(O)CO.O=S(=O)(O)C(F)(F)C(F)(F)C(F)(F)C(F)(F)C(F)(F)F.O=S(=O)(O)C(F)(F)C(F)(F)C(F)(F)C(F)(F)C(F)(F)F. The molecule has 0 spiro atoms. The molecule has 0 aliphatic rings. The molecule has 0 aromatic rings. The quantitative estimate of drug-likeness (QED) is 0.184. The Morgan fingerprint density at radius 2 is 0.600 bits per heavy atom. The number of hydrogen-bond acceptors (Lipinski definition) is 6. The minimum atomic E-state index is -7.86. The van der Waals surface area contributed by atoms with E-state index in [1.807, 2.05) is 0 Å². The van der Waals surface area contributed by atoms with Gasteiger partial charge in [0, 0.05) is 0 Å². The molecule has 0 aliphatic carbocycles. The van der Waals surface area contributed by atoms with Crippen molar-refractivity contribution < 1.29 is 133 Å². The molecular formula is C13H10F22O8S2. The van der Waals surface area contributed by atoms with Crippen LogP contribution in [0.2, 0.25) is 0 Å². The van der Waals surface area contributed by atoms with Gasteiger partial charge in [-0.25, -0.2) is 0 Å². The van der Waals surface area contributed by atoms with Crippen LogP contribution in [0.15, 0.2) is 0 Å². The van der Waals surface area contributed by atoms with E-state index in [9.17, 15) is 113 Å². The van der Waals surface area contributed by atoms with E-state index < -0.39 is 84.7 Å². The summed E-state index contributed by atoms with van der Waals surface area (Å²) in [6.45, 7) is 1.39. The smallest absolute Gasteiger partial charge is 0.394 e. The molecule has 0 fully saturated rings. The molecule has 1 atom stereocenters. The second-order valence-corrected chi connectivity index (χ2v) is 10.4. The van der Waals surface area contributed by atoms with E-state index in [0.717, 1.165) is 0 Å². The Hall–Kier alpha value is -1.80. The van der Waals surface area contributed by atoms with Crippen molar-refractivity contribution in [3.63, 3.8) is 0 Å². The number of aliphatic hydroxyl groups is 2. The van der Waals surface area contributed by atoms with Crippen molar-refractivity contribution in [3.05, 3.63) is 0 Å². The first-order valence-electron chi connectivity index (χ1n) is 9.16. The molecule has 1 unspecified atom stereocenters. The van der Waals surface area contributed by atoms with Gasteiger partial charge >= 0.3 is 78.6 Å². The Balaban J connectivity index is -0.000000680. The monoisotopic (exact) mass is 776 g/mol. The Bertz CT molecular complexity index is 1110. The molecule has 0 saturated carbocycles. The maximum Gasteiger partial charge on any atom is 0.460 e. The predicted octanol–water partition coefficient (Wildman–Crippen LogP) is 5.23. The van der Waals surface area contributed by atoms with Gasteiger partial charge in [0.25, 0.3) is 0 Å². The summed E-state index contributed by atoms with van der Waals surface area (Å²) in [4.78, 5) is 0. The fourth-order valence-electron chi connectivity index (χ4n) is 1.44. The molecule has 0 heterocycles. The lowest BCUT2D eigenvalue weighted by Gasteiger charge is -2.35. The van der Waals surface area contributed by atoms with Crippen LogP contribution in [0.1, 0.15) is 6.92 Å². The summed E-state index contributed by atoms with van der Waals surface area (Å²) in [7, 11) is -14.8. The van der Waals surface area contributed by atoms with Gasteiger partial charge in [-0.3, -0.25) is 9.11 Å². The van der Waals surface area contributed by atoms with Crippen LogP contribution in [-0.2, 0) is 20.2 Å². The maximum absolute atomic E-state index is 12.5. The van der Waals surface area contributed by atoms with Crippen LogP contribution in [0.3, 0.4) is 0 Å². The summed E-state index contributed by atoms with van der Waals surface area (Å²) in [5.74, 6) is -46.6. The second kappa shape index (κ2) is 13.0. The molecule has 0 amide bonds. The van der Waals surface area contributed by atoms with E-state index in [1.165, 1.54) is 6.92 Å². The van der Waals surface area contributed by atoms with Crippen LogP contribution in [0.4, 0.5) is 96.6 Å². The maximum atomic E-state index is 12.5. The molecule has 0 aromatic heterocycles. The van der Waals surface area contributed by atoms with Crippen molar-refractivity contribution in [2.75, 3.05) is 6.61 Å². The number of rotatable bonds is 9. The van der Waals surface area contributed by atoms with Crippen LogP contribution in [0, 0.1) is 0 Å². The van der Waals surface area contributed by atoms with Gasteiger partial charge < -0.3 is 10.2 Å². The predicted molar refractivity (Wildman–Crippen MR) is 93.5 cm³/mol. The van der Waals surface area contributed by atoms with Gasteiger partial charge in [0.15, 0.2) is 0 Å². The zero-order valence-corrected chi connectivity index (χ0v) is 21.5. The standard InChI is InChI=1S/2C5HF11O3S.C3H8O2/c2*6-1(7,2(8,9)4(12,13)14)3(10,11)5(15,16)20(17,18)19;1-3(5)2-4/h2*(H,17,18,19);3-5H,2H2,1H3. The topological polar surface area (TPSA) is 149 Å². The molecular weight excluding hydrogens is 766 g/mol. The van der Waals surface area contributed by atoms with Crippen LogP contribution < -0.4 is 0 Å². The zero-order valence-electron chi connectivity index (χ0n) is 19.8. The van der Waals surface area contributed by atoms with Gasteiger partial charge in [0.1, 0.15) is 0 Å². The molecule has 4 N–H and O–H groups in total. The van der Waals surface area contributed by atoms with Crippen molar-refractivity contribution in [1.29, 1.82) is 0 Å². The molecule has 0 bridgehead atoms. The highest BCUT2D eigenvalue weighted by Gasteiger charge is 2.91. The third-order valence-corrected chi connectivity index (χ3v) is 5.74. The zero-order chi connectivity index (χ0) is 38.3. The highest BCUT2D eigenvalue weighted by Crippen LogP contribution is 2.59. The van der Waals surface area contributed by atoms with Crippen molar-refractivity contribution >= 4 is 20.2 Å². The third-order valence-electron chi connectivity index (χ3n) is 3.93. The molecule has 0 rings (SSSR count). The summed E-state index contributed by atoms with van der Waals surface area (Å²) >= 11 is 0. The van der Waals surface area contributed by atoms with Gasteiger partial charge in [-0.2, -0.15) is 113 Å². The van der Waals surface area contributed by atoms with Gasteiger partial charge in [-0.15, -0.1) is 0 Å². The van der Waals surface area contributed by atoms with Crippen molar-refractivity contribution in [2.45, 2.75) is 71.4 Å². The van der Waals surface area contributed by atoms with E-state index in [0.29, 0.717) is 0 Å². The van der Waals surface area contributed by atoms with Crippen LogP contribution >= 0.6 is 0 Å². The van der Waals surface area contributed by atoms with Crippen molar-refractivity contribution in [3.8, 4) is 0 Å². The van der Waals surface area contributed by atoms with E-state index in [4.69, 9.17) is 19.3 Å². The first-order valence-corrected chi connectivity index (χ1v) is 12.0. The van der Waals surface area contributed by atoms with Crippen LogP contribution in [-0.4, -0.2) is 107 Å². The molecule has 0 saturated heterocycles. The number of aliphatic hydroxyl groups excluding tert-OH is 2. The Kier molecular flexibility index (Phi) is 13.8. The third kappa shape index (κ3) is 8.38. The van der Waals surface area contributed by atoms with Crippen molar-refractivity contribution in [1.82, 2.24) is 0 Å². The summed E-state index contributed by atoms with van der Waals surface area (Å²) in [5, 5.41) is 1.42. The molecule has 45 heavy (non-hydrogen) atoms. The van der Waals surface area contributed by atoms with Crippen LogP contribution in [0.25, 0.3) is 0 Å². The van der Waals surface area contributed by atoms with Gasteiger partial charge in [-0.1, -0.05) is 0 Å². The lowest BCUT2D eigenvalue weighted by Crippen LogP contribution is -2.67. The second-order valence-electron chi connectivity index (χ2n) is 7.46. The number of hydrogen-bond donors (Lipinski definition) is 4. The molecule has 0 aromatic carbocycles. The highest BCUT2D eigenvalue weighted by molar-refractivity contribution is 7.87. The summed E-state index contributed by atoms with van der Waals surface area (Å²) in [6, 6.07) is 0. The molecule has 32 heteroatoms. The Morgan fingerprint density at radius 3 is 0.689 bits per heavy atom. The minimum absolute atomic E-state index is 0.139. The summed E-state index contributed by atoms with van der Waals surface area (Å²) in [6.07, 6.45) is -15.3. The Morgan fingerprint density at radius 1 is 0.444 bits per heavy atom. The van der Waals surface area contributed by atoms with Crippen molar-refractivity contribution in [2.24, 2.45) is 0 Å². The fourth-order valence-corrected chi connectivity index (χ4v) is 2.34. The van der Waals surface area contributed by atoms with E-state index >= 15 is 0 Å². The summed E-state index contributed by atoms with van der Waals surface area (Å²) < 4.78 is 321. The number of alkyl halides is 22. The first kappa shape index (κ1) is 47.6. The largest absolute Gasteiger partial charge is 0.460 e. The van der Waals surface area contributed by atoms with Crippen LogP contribution in [0.5, 0.6) is 0 Å². The normalized spacial score (nSPS) is 16.2. The van der Waals surface area contributed by atoms with E-state index in [1.54, 1.807) is 0 Å². The fraction of sp³-hybridized carbons (Fsp3) is 1.00. The lowest BCUT2D eigenvalue weighted by atomic mass is 10.0.